The molecule has 6 heteroatoms. The Kier molecular flexibility index (Phi) is 7.89. The molecular formula is C50H38N4O2. The molecule has 0 spiro atoms. The molecule has 10 rings (SSSR count). The van der Waals surface area contributed by atoms with E-state index in [4.69, 9.17) is 29.1 Å². The van der Waals surface area contributed by atoms with E-state index in [9.17, 15) is 0 Å². The van der Waals surface area contributed by atoms with Crippen LogP contribution in [-0.4, -0.2) is 26.0 Å². The van der Waals surface area contributed by atoms with Crippen LogP contribution in [-0.2, 0) is 5.41 Å². The highest BCUT2D eigenvalue weighted by Crippen LogP contribution is 2.52. The lowest BCUT2D eigenvalue weighted by atomic mass is 9.81. The van der Waals surface area contributed by atoms with E-state index in [2.05, 4.69) is 93.2 Å². The smallest absolute Gasteiger partial charge is 0.227 e. The Morgan fingerprint density at radius 1 is 0.607 bits per heavy atom. The zero-order valence-electron chi connectivity index (χ0n) is 31.4. The quantitative estimate of drug-likeness (QED) is 0.152. The molecule has 6 aromatic carbocycles. The minimum absolute atomic E-state index is 0.0736. The number of aromatic nitrogens is 4. The van der Waals surface area contributed by atoms with Gasteiger partial charge in [-0.3, -0.25) is 0 Å². The third-order valence-corrected chi connectivity index (χ3v) is 11.2. The number of para-hydroxylation sites is 1. The molecule has 0 saturated carbocycles. The summed E-state index contributed by atoms with van der Waals surface area (Å²) in [6, 6.07) is 45.9. The molecule has 6 nitrogen and oxygen atoms in total. The van der Waals surface area contributed by atoms with Gasteiger partial charge in [-0.25, -0.2) is 19.9 Å². The lowest BCUT2D eigenvalue weighted by Crippen LogP contribution is -2.14. The molecule has 0 saturated heterocycles. The highest BCUT2D eigenvalue weighted by atomic mass is 16.5. The van der Waals surface area contributed by atoms with Crippen LogP contribution in [0.5, 0.6) is 5.75 Å². The number of oxazole rings is 1. The summed E-state index contributed by atoms with van der Waals surface area (Å²) in [6.45, 7) is 10.7. The highest BCUT2D eigenvalue weighted by molar-refractivity contribution is 5.99. The normalized spacial score (nSPS) is 16.4. The van der Waals surface area contributed by atoms with Crippen molar-refractivity contribution in [2.75, 3.05) is 0 Å². The van der Waals surface area contributed by atoms with Crippen LogP contribution >= 0.6 is 0 Å². The number of hydrogen-bond donors (Lipinski definition) is 0. The highest BCUT2D eigenvalue weighted by Gasteiger charge is 2.38. The number of nitrogens with zero attached hydrogens (tertiary/aromatic N) is 4. The van der Waals surface area contributed by atoms with E-state index in [-0.39, 0.29) is 17.4 Å². The number of ether oxygens (including phenoxy) is 1. The Hall–Kier alpha value is -6.92. The van der Waals surface area contributed by atoms with Crippen LogP contribution in [0.4, 0.5) is 0 Å². The molecule has 3 heterocycles. The van der Waals surface area contributed by atoms with Crippen molar-refractivity contribution in [2.45, 2.75) is 38.2 Å². The van der Waals surface area contributed by atoms with Crippen molar-refractivity contribution in [3.63, 3.8) is 0 Å². The molecule has 2 aromatic heterocycles. The van der Waals surface area contributed by atoms with Gasteiger partial charge in [0.25, 0.3) is 0 Å². The summed E-state index contributed by atoms with van der Waals surface area (Å²) in [6.07, 6.45) is 5.92. The Balaban J connectivity index is 1.03. The maximum absolute atomic E-state index is 6.50. The average Bonchev–Trinajstić information content (AvgIpc) is 3.91. The summed E-state index contributed by atoms with van der Waals surface area (Å²) in [4.78, 5) is 19.9. The molecule has 1 aliphatic heterocycles. The monoisotopic (exact) mass is 726 g/mol. The molecule has 0 fully saturated rings. The van der Waals surface area contributed by atoms with Gasteiger partial charge >= 0.3 is 0 Å². The van der Waals surface area contributed by atoms with Gasteiger partial charge in [-0.1, -0.05) is 142 Å². The van der Waals surface area contributed by atoms with Crippen LogP contribution in [0.15, 0.2) is 163 Å². The van der Waals surface area contributed by atoms with Crippen LogP contribution in [0.2, 0.25) is 0 Å². The molecule has 270 valence electrons. The second-order valence-corrected chi connectivity index (χ2v) is 15.0. The van der Waals surface area contributed by atoms with E-state index < -0.39 is 0 Å². The lowest BCUT2D eigenvalue weighted by molar-refractivity contribution is 0.271. The van der Waals surface area contributed by atoms with Crippen molar-refractivity contribution < 1.29 is 9.15 Å². The van der Waals surface area contributed by atoms with Gasteiger partial charge in [0.1, 0.15) is 17.4 Å². The zero-order chi connectivity index (χ0) is 38.0. The molecule has 0 amide bonds. The molecule has 0 bridgehead atoms. The number of rotatable bonds is 7. The van der Waals surface area contributed by atoms with Crippen LogP contribution < -0.4 is 4.74 Å². The topological polar surface area (TPSA) is 73.9 Å². The fourth-order valence-electron chi connectivity index (χ4n) is 8.37. The van der Waals surface area contributed by atoms with E-state index in [1.165, 1.54) is 16.7 Å². The largest absolute Gasteiger partial charge is 0.484 e. The summed E-state index contributed by atoms with van der Waals surface area (Å²) in [5.41, 5.74) is 13.3. The van der Waals surface area contributed by atoms with Crippen LogP contribution in [0.25, 0.3) is 79.0 Å². The van der Waals surface area contributed by atoms with E-state index in [0.29, 0.717) is 23.4 Å². The van der Waals surface area contributed by atoms with Crippen molar-refractivity contribution >= 4 is 11.1 Å². The zero-order valence-corrected chi connectivity index (χ0v) is 31.4. The first-order chi connectivity index (χ1) is 27.4. The van der Waals surface area contributed by atoms with E-state index in [1.54, 1.807) is 0 Å². The number of allylic oxidation sites excluding steroid dienone is 1. The first-order valence-corrected chi connectivity index (χ1v) is 19.0. The third kappa shape index (κ3) is 5.40. The Bertz CT molecular complexity index is 2840. The molecule has 0 radical (unpaired) electrons. The number of fused-ring (bicyclic) bond motifs is 6. The van der Waals surface area contributed by atoms with Crippen molar-refractivity contribution in [3.05, 3.63) is 175 Å². The Labute approximate surface area is 326 Å². The van der Waals surface area contributed by atoms with E-state index >= 15 is 0 Å². The van der Waals surface area contributed by atoms with Gasteiger partial charge in [-0.05, 0) is 65.1 Å². The molecule has 8 aromatic rings. The second-order valence-electron chi connectivity index (χ2n) is 15.0. The summed E-state index contributed by atoms with van der Waals surface area (Å²) in [5.74, 6) is 3.26. The number of benzene rings is 6. The van der Waals surface area contributed by atoms with Crippen LogP contribution in [0.1, 0.15) is 43.4 Å². The summed E-state index contributed by atoms with van der Waals surface area (Å²) in [5, 5.41) is 0. The first-order valence-electron chi connectivity index (χ1n) is 19.0. The number of hydrogen-bond acceptors (Lipinski definition) is 6. The Morgan fingerprint density at radius 3 is 1.98 bits per heavy atom. The SMILES string of the molecule is C=CC1Oc2c(-c3nc(-c4ccccc4)nc(-c4ccc(-c5ccc6c(c5)C(C)(C)c5ccc7nc(-c8ccccc8)oc7c5-6)cc4)n3)cccc2C1/C=C\C. The van der Waals surface area contributed by atoms with Gasteiger partial charge in [0.2, 0.25) is 5.89 Å². The van der Waals surface area contributed by atoms with Gasteiger partial charge in [0.05, 0.1) is 5.56 Å². The molecular weight excluding hydrogens is 689 g/mol. The molecule has 56 heavy (non-hydrogen) atoms. The molecule has 2 unspecified atom stereocenters. The Morgan fingerprint density at radius 2 is 1.27 bits per heavy atom. The van der Waals surface area contributed by atoms with E-state index in [1.807, 2.05) is 85.8 Å². The fraction of sp³-hybridized carbons (Fsp3) is 0.120. The van der Waals surface area contributed by atoms with Crippen molar-refractivity contribution in [2.24, 2.45) is 0 Å². The summed E-state index contributed by atoms with van der Waals surface area (Å²) >= 11 is 0. The summed E-state index contributed by atoms with van der Waals surface area (Å²) in [7, 11) is 0. The van der Waals surface area contributed by atoms with Crippen molar-refractivity contribution in [1.29, 1.82) is 0 Å². The average molecular weight is 727 g/mol. The maximum atomic E-state index is 6.50. The standard InChI is InChI=1S/C50H38N4O2/c1-5-14-35-36-19-13-20-38(44(36)55-42(35)6-2)48-53-46(31-15-9-7-10-16-31)52-47(54-48)32-23-21-30(22-24-32)34-25-26-37-40(29-34)50(3,4)39-27-28-41-45(43(37)39)56-49(51-41)33-17-11-8-12-18-33/h5-29,35,42H,2H2,1,3-4H3/b14-5-. The maximum Gasteiger partial charge on any atom is 0.227 e. The van der Waals surface area contributed by atoms with Gasteiger partial charge in [-0.15, -0.1) is 0 Å². The van der Waals surface area contributed by atoms with Crippen LogP contribution in [0.3, 0.4) is 0 Å². The molecule has 2 atom stereocenters. The summed E-state index contributed by atoms with van der Waals surface area (Å²) < 4.78 is 13.0. The van der Waals surface area contributed by atoms with Gasteiger partial charge in [0.15, 0.2) is 23.1 Å². The van der Waals surface area contributed by atoms with Gasteiger partial charge in [-0.2, -0.15) is 0 Å². The lowest BCUT2D eigenvalue weighted by Gasteiger charge is -2.22. The molecule has 1 aliphatic carbocycles. The second kappa shape index (κ2) is 13.1. The fourth-order valence-corrected chi connectivity index (χ4v) is 8.37. The van der Waals surface area contributed by atoms with Crippen molar-refractivity contribution in [3.8, 4) is 73.6 Å². The van der Waals surface area contributed by atoms with Crippen molar-refractivity contribution in [1.82, 2.24) is 19.9 Å². The molecule has 0 N–H and O–H groups in total. The minimum Gasteiger partial charge on any atom is -0.484 e. The van der Waals surface area contributed by atoms with Gasteiger partial charge in [0, 0.05) is 39.2 Å². The predicted octanol–water partition coefficient (Wildman–Crippen LogP) is 12.3. The minimum atomic E-state index is -0.219. The molecule has 2 aliphatic rings. The van der Waals surface area contributed by atoms with Gasteiger partial charge < -0.3 is 9.15 Å². The van der Waals surface area contributed by atoms with E-state index in [0.717, 1.165) is 61.4 Å². The predicted molar refractivity (Wildman–Crippen MR) is 224 cm³/mol. The van der Waals surface area contributed by atoms with Crippen LogP contribution in [0, 0.1) is 0 Å². The third-order valence-electron chi connectivity index (χ3n) is 11.2. The first kappa shape index (κ1) is 33.6.